The molecule has 0 heterocycles. The summed E-state index contributed by atoms with van der Waals surface area (Å²) < 4.78 is 21.1. The van der Waals surface area contributed by atoms with E-state index in [1.807, 2.05) is 18.2 Å². The van der Waals surface area contributed by atoms with Crippen LogP contribution in [0.25, 0.3) is 11.1 Å². The van der Waals surface area contributed by atoms with E-state index >= 15 is 4.39 Å². The van der Waals surface area contributed by atoms with Crippen LogP contribution in [0.5, 0.6) is 5.75 Å². The number of carboxylic acids is 1. The maximum Gasteiger partial charge on any atom is 0.307 e. The molecular weight excluding hydrogens is 405 g/mol. The first-order valence-electron chi connectivity index (χ1n) is 11.1. The first-order valence-corrected chi connectivity index (χ1v) is 11.1. The minimum absolute atomic E-state index is 0.0966. The monoisotopic (exact) mass is 433 g/mol. The highest BCUT2D eigenvalue weighted by Gasteiger charge is 2.20. The molecule has 1 aliphatic rings. The van der Waals surface area contributed by atoms with Crippen LogP contribution >= 0.6 is 0 Å². The largest absolute Gasteiger partial charge is 0.489 e. The zero-order valence-corrected chi connectivity index (χ0v) is 18.0. The Morgan fingerprint density at radius 2 is 1.78 bits per heavy atom. The standard InChI is InChI=1S/C27H28FNO3/c28-27-21(16-29)9-5-10-24(27)23-13-18(12-22(14-23)19-6-1-2-7-19)17-32-25-11-4-3-8-20(25)15-26(30)31/h3-5,8-14,19H,1-2,6-7,15-17,29H2,(H,30,31). The molecule has 0 saturated heterocycles. The number of hydrogen-bond donors (Lipinski definition) is 2. The first kappa shape index (κ1) is 22.0. The molecule has 3 aromatic carbocycles. The van der Waals surface area contributed by atoms with Crippen molar-refractivity contribution in [1.29, 1.82) is 0 Å². The molecule has 0 aromatic heterocycles. The summed E-state index contributed by atoms with van der Waals surface area (Å²) >= 11 is 0. The number of benzene rings is 3. The van der Waals surface area contributed by atoms with E-state index in [-0.39, 0.29) is 25.4 Å². The number of rotatable bonds is 8. The van der Waals surface area contributed by atoms with Gasteiger partial charge in [-0.1, -0.05) is 61.4 Å². The van der Waals surface area contributed by atoms with Gasteiger partial charge >= 0.3 is 5.97 Å². The van der Waals surface area contributed by atoms with E-state index in [4.69, 9.17) is 15.6 Å². The summed E-state index contributed by atoms with van der Waals surface area (Å²) in [4.78, 5) is 11.2. The molecule has 4 rings (SSSR count). The second kappa shape index (κ2) is 9.96. The number of carboxylic acid groups (broad SMARTS) is 1. The molecule has 0 aliphatic heterocycles. The lowest BCUT2D eigenvalue weighted by Gasteiger charge is -2.17. The molecule has 166 valence electrons. The number of hydrogen-bond acceptors (Lipinski definition) is 3. The van der Waals surface area contributed by atoms with Gasteiger partial charge in [-0.05, 0) is 47.6 Å². The molecule has 1 saturated carbocycles. The summed E-state index contributed by atoms with van der Waals surface area (Å²) in [6.45, 7) is 0.431. The van der Waals surface area contributed by atoms with Gasteiger partial charge in [0.1, 0.15) is 18.2 Å². The molecule has 32 heavy (non-hydrogen) atoms. The highest BCUT2D eigenvalue weighted by molar-refractivity contribution is 5.71. The maximum atomic E-state index is 15.1. The van der Waals surface area contributed by atoms with Crippen molar-refractivity contribution in [2.24, 2.45) is 5.73 Å². The Bertz CT molecular complexity index is 1110. The summed E-state index contributed by atoms with van der Waals surface area (Å²) in [5.74, 6) is -0.160. The zero-order chi connectivity index (χ0) is 22.5. The fourth-order valence-electron chi connectivity index (χ4n) is 4.53. The molecule has 3 aromatic rings. The van der Waals surface area contributed by atoms with Crippen molar-refractivity contribution in [2.45, 2.75) is 51.2 Å². The smallest absolute Gasteiger partial charge is 0.307 e. The van der Waals surface area contributed by atoms with E-state index < -0.39 is 5.97 Å². The molecule has 0 spiro atoms. The minimum Gasteiger partial charge on any atom is -0.489 e. The summed E-state index contributed by atoms with van der Waals surface area (Å²) in [6.07, 6.45) is 4.59. The van der Waals surface area contributed by atoms with E-state index in [1.165, 1.54) is 18.4 Å². The van der Waals surface area contributed by atoms with Gasteiger partial charge in [0.2, 0.25) is 0 Å². The lowest BCUT2D eigenvalue weighted by Crippen LogP contribution is -2.05. The predicted molar refractivity (Wildman–Crippen MR) is 123 cm³/mol. The van der Waals surface area contributed by atoms with Gasteiger partial charge in [0.05, 0.1) is 6.42 Å². The molecule has 0 radical (unpaired) electrons. The van der Waals surface area contributed by atoms with Crippen LogP contribution in [0.15, 0.2) is 60.7 Å². The Kier molecular flexibility index (Phi) is 6.86. The van der Waals surface area contributed by atoms with Crippen molar-refractivity contribution in [3.8, 4) is 16.9 Å². The van der Waals surface area contributed by atoms with Gasteiger partial charge in [0, 0.05) is 23.2 Å². The number of para-hydroxylation sites is 1. The van der Waals surface area contributed by atoms with Gasteiger partial charge in [-0.2, -0.15) is 0 Å². The fourth-order valence-corrected chi connectivity index (χ4v) is 4.53. The molecule has 1 fully saturated rings. The highest BCUT2D eigenvalue weighted by atomic mass is 19.1. The van der Waals surface area contributed by atoms with Crippen molar-refractivity contribution in [1.82, 2.24) is 0 Å². The fraction of sp³-hybridized carbons (Fsp3) is 0.296. The molecule has 1 aliphatic carbocycles. The molecule has 5 heteroatoms. The zero-order valence-electron chi connectivity index (χ0n) is 18.0. The Balaban J connectivity index is 1.67. The summed E-state index contributed by atoms with van der Waals surface area (Å²) in [5.41, 5.74) is 10.3. The third kappa shape index (κ3) is 5.00. The van der Waals surface area contributed by atoms with Gasteiger partial charge in [0.15, 0.2) is 0 Å². The predicted octanol–water partition coefficient (Wildman–Crippen LogP) is 5.82. The Morgan fingerprint density at radius 1 is 1.03 bits per heavy atom. The van der Waals surface area contributed by atoms with Gasteiger partial charge in [0.25, 0.3) is 0 Å². The third-order valence-electron chi connectivity index (χ3n) is 6.16. The lowest BCUT2D eigenvalue weighted by molar-refractivity contribution is -0.136. The molecule has 3 N–H and O–H groups in total. The third-order valence-corrected chi connectivity index (χ3v) is 6.16. The van der Waals surface area contributed by atoms with Crippen LogP contribution in [0.1, 0.15) is 53.9 Å². The van der Waals surface area contributed by atoms with Gasteiger partial charge < -0.3 is 15.6 Å². The Hall–Kier alpha value is -3.18. The SMILES string of the molecule is NCc1cccc(-c2cc(COc3ccccc3CC(=O)O)cc(C3CCCC3)c2)c1F. The summed E-state index contributed by atoms with van der Waals surface area (Å²) in [5, 5.41) is 9.17. The van der Waals surface area contributed by atoms with Crippen molar-refractivity contribution in [3.63, 3.8) is 0 Å². The molecule has 0 bridgehead atoms. The van der Waals surface area contributed by atoms with Crippen LogP contribution in [-0.4, -0.2) is 11.1 Å². The van der Waals surface area contributed by atoms with Crippen LogP contribution < -0.4 is 10.5 Å². The van der Waals surface area contributed by atoms with E-state index in [2.05, 4.69) is 12.1 Å². The van der Waals surface area contributed by atoms with E-state index in [1.54, 1.807) is 30.3 Å². The maximum absolute atomic E-state index is 15.1. The van der Waals surface area contributed by atoms with Gasteiger partial charge in [-0.15, -0.1) is 0 Å². The molecule has 4 nitrogen and oxygen atoms in total. The number of ether oxygens (including phenoxy) is 1. The quantitative estimate of drug-likeness (QED) is 0.470. The van der Waals surface area contributed by atoms with Crippen molar-refractivity contribution in [2.75, 3.05) is 0 Å². The average molecular weight is 434 g/mol. The average Bonchev–Trinajstić information content (AvgIpc) is 3.33. The van der Waals surface area contributed by atoms with Gasteiger partial charge in [-0.3, -0.25) is 4.79 Å². The Labute approximate surface area is 187 Å². The molecule has 0 unspecified atom stereocenters. The molecule has 0 amide bonds. The van der Waals surface area contributed by atoms with E-state index in [0.717, 1.165) is 24.0 Å². The summed E-state index contributed by atoms with van der Waals surface area (Å²) in [7, 11) is 0. The summed E-state index contributed by atoms with van der Waals surface area (Å²) in [6, 6.07) is 18.7. The second-order valence-corrected chi connectivity index (χ2v) is 8.39. The van der Waals surface area contributed by atoms with Crippen LogP contribution in [0.4, 0.5) is 4.39 Å². The van der Waals surface area contributed by atoms with Crippen molar-refractivity contribution >= 4 is 5.97 Å². The molecular formula is C27H28FNO3. The minimum atomic E-state index is -0.901. The van der Waals surface area contributed by atoms with Crippen LogP contribution in [0.3, 0.4) is 0 Å². The van der Waals surface area contributed by atoms with E-state index in [9.17, 15) is 4.79 Å². The van der Waals surface area contributed by atoms with Crippen LogP contribution in [0.2, 0.25) is 0 Å². The van der Waals surface area contributed by atoms with Gasteiger partial charge in [-0.25, -0.2) is 4.39 Å². The highest BCUT2D eigenvalue weighted by Crippen LogP contribution is 2.37. The normalized spacial score (nSPS) is 13.9. The number of aliphatic carboxylic acids is 1. The van der Waals surface area contributed by atoms with Crippen molar-refractivity contribution < 1.29 is 19.0 Å². The van der Waals surface area contributed by atoms with E-state index in [0.29, 0.717) is 28.4 Å². The first-order chi connectivity index (χ1) is 15.5. The lowest BCUT2D eigenvalue weighted by atomic mass is 9.91. The Morgan fingerprint density at radius 3 is 2.53 bits per heavy atom. The number of carbonyl (C=O) groups is 1. The number of halogens is 1. The number of nitrogens with two attached hydrogens (primary N) is 1. The molecule has 0 atom stereocenters. The van der Waals surface area contributed by atoms with Crippen LogP contribution in [0, 0.1) is 5.82 Å². The topological polar surface area (TPSA) is 72.5 Å². The van der Waals surface area contributed by atoms with Crippen molar-refractivity contribution in [3.05, 3.63) is 88.7 Å². The van der Waals surface area contributed by atoms with Crippen LogP contribution in [-0.2, 0) is 24.4 Å². The second-order valence-electron chi connectivity index (χ2n) is 8.39.